The van der Waals surface area contributed by atoms with Gasteiger partial charge in [-0.05, 0) is 55.3 Å². The largest absolute Gasteiger partial charge is 0.396 e. The van der Waals surface area contributed by atoms with E-state index in [-0.39, 0.29) is 35.9 Å². The van der Waals surface area contributed by atoms with Crippen molar-refractivity contribution < 1.29 is 10.2 Å². The van der Waals surface area contributed by atoms with Gasteiger partial charge in [0.05, 0.1) is 0 Å². The molecule has 1 aliphatic carbocycles. The highest BCUT2D eigenvalue weighted by molar-refractivity contribution is 5.17. The van der Waals surface area contributed by atoms with Crippen molar-refractivity contribution >= 4 is 0 Å². The molecule has 2 atom stereocenters. The predicted molar refractivity (Wildman–Crippen MR) is 94.7 cm³/mol. The summed E-state index contributed by atoms with van der Waals surface area (Å²) in [5.41, 5.74) is 3.33. The van der Waals surface area contributed by atoms with Crippen molar-refractivity contribution in [3.05, 3.63) is 23.3 Å². The van der Waals surface area contributed by atoms with Crippen LogP contribution in [0.25, 0.3) is 0 Å². The van der Waals surface area contributed by atoms with E-state index in [9.17, 15) is 10.2 Å². The summed E-state index contributed by atoms with van der Waals surface area (Å²) in [5.74, 6) is 0.448. The van der Waals surface area contributed by atoms with E-state index in [1.165, 1.54) is 11.1 Å². The molecule has 0 fully saturated rings. The standard InChI is InChI=1S/C20H36O2/c1-15(19(2,3)4)8-7-11-20(5,6)18-10-9-16(13-21)17(12-18)14-22/h8,10,16-17,21-22H,7,9,11-14H2,1-6H3. The summed E-state index contributed by atoms with van der Waals surface area (Å²) in [7, 11) is 0. The zero-order valence-corrected chi connectivity index (χ0v) is 15.4. The Labute approximate surface area is 137 Å². The SMILES string of the molecule is CC(=CCCC(C)(C)C1=CCC(CO)C(CO)C1)C(C)(C)C. The molecule has 0 amide bonds. The highest BCUT2D eigenvalue weighted by atomic mass is 16.3. The number of rotatable bonds is 6. The summed E-state index contributed by atoms with van der Waals surface area (Å²) in [6.07, 6.45) is 8.75. The Balaban J connectivity index is 2.69. The molecule has 0 aromatic heterocycles. The van der Waals surface area contributed by atoms with E-state index >= 15 is 0 Å². The van der Waals surface area contributed by atoms with Gasteiger partial charge in [-0.2, -0.15) is 0 Å². The Morgan fingerprint density at radius 1 is 1.14 bits per heavy atom. The van der Waals surface area contributed by atoms with Crippen LogP contribution in [0.2, 0.25) is 0 Å². The lowest BCUT2D eigenvalue weighted by Gasteiger charge is -2.36. The molecular formula is C20H36O2. The third kappa shape index (κ3) is 5.24. The predicted octanol–water partition coefficient (Wildman–Crippen LogP) is 4.72. The Morgan fingerprint density at radius 2 is 1.73 bits per heavy atom. The third-order valence-electron chi connectivity index (χ3n) is 5.56. The molecule has 1 aliphatic rings. The first kappa shape index (κ1) is 19.4. The number of allylic oxidation sites excluding steroid dienone is 4. The smallest absolute Gasteiger partial charge is 0.0465 e. The molecule has 22 heavy (non-hydrogen) atoms. The molecule has 1 rings (SSSR count). The van der Waals surface area contributed by atoms with Crippen LogP contribution in [-0.2, 0) is 0 Å². The Kier molecular flexibility index (Phi) is 6.88. The maximum Gasteiger partial charge on any atom is 0.0465 e. The fourth-order valence-corrected chi connectivity index (χ4v) is 3.12. The highest BCUT2D eigenvalue weighted by Crippen LogP contribution is 2.41. The molecule has 2 nitrogen and oxygen atoms in total. The average molecular weight is 309 g/mol. The van der Waals surface area contributed by atoms with Crippen LogP contribution >= 0.6 is 0 Å². The molecule has 0 radical (unpaired) electrons. The van der Waals surface area contributed by atoms with Gasteiger partial charge in [-0.1, -0.05) is 57.9 Å². The van der Waals surface area contributed by atoms with E-state index < -0.39 is 0 Å². The highest BCUT2D eigenvalue weighted by Gasteiger charge is 2.31. The van der Waals surface area contributed by atoms with Crippen LogP contribution in [-0.4, -0.2) is 23.4 Å². The minimum atomic E-state index is 0.169. The third-order valence-corrected chi connectivity index (χ3v) is 5.56. The van der Waals surface area contributed by atoms with Crippen LogP contribution in [0.5, 0.6) is 0 Å². The number of aliphatic hydroxyl groups excluding tert-OH is 2. The summed E-state index contributed by atoms with van der Waals surface area (Å²) >= 11 is 0. The molecule has 0 aliphatic heterocycles. The summed E-state index contributed by atoms with van der Waals surface area (Å²) in [6, 6.07) is 0. The Bertz CT molecular complexity index is 410. The first-order valence-corrected chi connectivity index (χ1v) is 8.70. The Hall–Kier alpha value is -0.600. The fourth-order valence-electron chi connectivity index (χ4n) is 3.12. The maximum atomic E-state index is 9.57. The lowest BCUT2D eigenvalue weighted by Crippen LogP contribution is -2.29. The average Bonchev–Trinajstić information content (AvgIpc) is 2.45. The van der Waals surface area contributed by atoms with Crippen molar-refractivity contribution in [2.45, 2.75) is 67.2 Å². The summed E-state index contributed by atoms with van der Waals surface area (Å²) in [4.78, 5) is 0. The lowest BCUT2D eigenvalue weighted by molar-refractivity contribution is 0.109. The molecule has 0 heterocycles. The minimum absolute atomic E-state index is 0.169. The molecule has 128 valence electrons. The van der Waals surface area contributed by atoms with Crippen molar-refractivity contribution in [2.24, 2.45) is 22.7 Å². The van der Waals surface area contributed by atoms with Crippen LogP contribution in [0.1, 0.15) is 67.2 Å². The summed E-state index contributed by atoms with van der Waals surface area (Å²) < 4.78 is 0. The molecule has 2 N–H and O–H groups in total. The molecular weight excluding hydrogens is 272 g/mol. The van der Waals surface area contributed by atoms with Gasteiger partial charge in [0.1, 0.15) is 0 Å². The lowest BCUT2D eigenvalue weighted by atomic mass is 9.70. The fraction of sp³-hybridized carbons (Fsp3) is 0.800. The van der Waals surface area contributed by atoms with Gasteiger partial charge in [0, 0.05) is 13.2 Å². The van der Waals surface area contributed by atoms with Gasteiger partial charge in [-0.25, -0.2) is 0 Å². The van der Waals surface area contributed by atoms with Gasteiger partial charge < -0.3 is 10.2 Å². The van der Waals surface area contributed by atoms with E-state index in [1.54, 1.807) is 0 Å². The zero-order valence-electron chi connectivity index (χ0n) is 15.4. The first-order chi connectivity index (χ1) is 10.1. The molecule has 0 aromatic rings. The van der Waals surface area contributed by atoms with E-state index in [0.29, 0.717) is 0 Å². The zero-order chi connectivity index (χ0) is 17.0. The number of aliphatic hydroxyl groups is 2. The maximum absolute atomic E-state index is 9.57. The molecule has 0 aromatic carbocycles. The van der Waals surface area contributed by atoms with Crippen LogP contribution in [0.4, 0.5) is 0 Å². The first-order valence-electron chi connectivity index (χ1n) is 8.70. The van der Waals surface area contributed by atoms with Gasteiger partial charge in [-0.3, -0.25) is 0 Å². The second kappa shape index (κ2) is 7.79. The van der Waals surface area contributed by atoms with Crippen LogP contribution in [0.15, 0.2) is 23.3 Å². The molecule has 2 heteroatoms. The summed E-state index contributed by atoms with van der Waals surface area (Å²) in [6.45, 7) is 14.0. The van der Waals surface area contributed by atoms with Crippen molar-refractivity contribution in [3.8, 4) is 0 Å². The van der Waals surface area contributed by atoms with Crippen LogP contribution < -0.4 is 0 Å². The van der Waals surface area contributed by atoms with Crippen LogP contribution in [0.3, 0.4) is 0 Å². The van der Waals surface area contributed by atoms with Crippen molar-refractivity contribution in [1.82, 2.24) is 0 Å². The molecule has 0 saturated heterocycles. The van der Waals surface area contributed by atoms with Crippen molar-refractivity contribution in [2.75, 3.05) is 13.2 Å². The normalized spacial score (nSPS) is 24.4. The van der Waals surface area contributed by atoms with E-state index in [4.69, 9.17) is 0 Å². The van der Waals surface area contributed by atoms with Gasteiger partial charge in [0.2, 0.25) is 0 Å². The topological polar surface area (TPSA) is 40.5 Å². The van der Waals surface area contributed by atoms with E-state index in [0.717, 1.165) is 25.7 Å². The van der Waals surface area contributed by atoms with E-state index in [2.05, 4.69) is 53.7 Å². The number of hydrogen-bond acceptors (Lipinski definition) is 2. The second-order valence-corrected chi connectivity index (χ2v) is 8.61. The van der Waals surface area contributed by atoms with Gasteiger partial charge in [0.15, 0.2) is 0 Å². The monoisotopic (exact) mass is 308 g/mol. The van der Waals surface area contributed by atoms with Gasteiger partial charge >= 0.3 is 0 Å². The quantitative estimate of drug-likeness (QED) is 0.697. The summed E-state index contributed by atoms with van der Waals surface area (Å²) in [5, 5.41) is 19.0. The number of hydrogen-bond donors (Lipinski definition) is 2. The second-order valence-electron chi connectivity index (χ2n) is 8.61. The molecule has 0 saturated carbocycles. The molecule has 0 spiro atoms. The van der Waals surface area contributed by atoms with Gasteiger partial charge in [-0.15, -0.1) is 0 Å². The van der Waals surface area contributed by atoms with Crippen molar-refractivity contribution in [3.63, 3.8) is 0 Å². The van der Waals surface area contributed by atoms with E-state index in [1.807, 2.05) is 0 Å². The van der Waals surface area contributed by atoms with Crippen molar-refractivity contribution in [1.29, 1.82) is 0 Å². The molecule has 2 unspecified atom stereocenters. The minimum Gasteiger partial charge on any atom is -0.396 e. The van der Waals surface area contributed by atoms with Gasteiger partial charge in [0.25, 0.3) is 0 Å². The molecule has 0 bridgehead atoms. The van der Waals surface area contributed by atoms with Crippen LogP contribution in [0, 0.1) is 22.7 Å². The Morgan fingerprint density at radius 3 is 2.23 bits per heavy atom.